The molecule has 0 saturated carbocycles. The van der Waals surface area contributed by atoms with Crippen LogP contribution >= 0.6 is 0 Å². The molecule has 0 aromatic heterocycles. The van der Waals surface area contributed by atoms with Crippen LogP contribution in [-0.4, -0.2) is 0 Å². The van der Waals surface area contributed by atoms with Crippen molar-refractivity contribution >= 4 is 302 Å². The first-order valence-corrected chi connectivity index (χ1v) is 29.3. The van der Waals surface area contributed by atoms with E-state index in [9.17, 15) is 0 Å². The van der Waals surface area contributed by atoms with Gasteiger partial charge in [-0.1, -0.05) is 60.7 Å². The Kier molecular flexibility index (Phi) is 2.50. The summed E-state index contributed by atoms with van der Waals surface area (Å²) >= 11 is 0. The molecule has 78 heavy (non-hydrogen) atoms. The van der Waals surface area contributed by atoms with Gasteiger partial charge in [-0.3, -0.25) is 0 Å². The van der Waals surface area contributed by atoms with Gasteiger partial charge in [0.05, 0.1) is 0 Å². The monoisotopic (exact) mass is 948 g/mol. The Morgan fingerprint density at radius 2 is 0.321 bits per heavy atom. The topological polar surface area (TPSA) is 0 Å². The van der Waals surface area contributed by atoms with E-state index in [1.807, 2.05) is 0 Å². The second kappa shape index (κ2) is 6.71. The van der Waals surface area contributed by atoms with Crippen LogP contribution in [-0.2, 0) is 10.8 Å². The van der Waals surface area contributed by atoms with Crippen LogP contribution in [0.25, 0.3) is 302 Å². The predicted octanol–water partition coefficient (Wildman–Crippen LogP) is 20.7. The van der Waals surface area contributed by atoms with Crippen molar-refractivity contribution in [3.05, 3.63) is 105 Å². The molecule has 0 nitrogen and oxygen atoms in total. The van der Waals surface area contributed by atoms with Crippen molar-refractivity contribution in [2.24, 2.45) is 0 Å². The Labute approximate surface area is 426 Å². The number of hydrogen-bond acceptors (Lipinski definition) is 0. The molecule has 324 valence electrons. The minimum Gasteiger partial charge on any atom is -0.0620 e. The summed E-state index contributed by atoms with van der Waals surface area (Å²) in [6.45, 7) is 0. The lowest BCUT2D eigenvalue weighted by Crippen LogP contribution is -2.63. The average Bonchev–Trinajstić information content (AvgIpc) is 1.46. The highest BCUT2D eigenvalue weighted by Crippen LogP contribution is 2.90. The van der Waals surface area contributed by atoms with Crippen LogP contribution in [0, 0.1) is 0 Å². The Morgan fingerprint density at radius 3 is 0.500 bits per heavy atom. The molecule has 0 heteroatoms. The number of rotatable bonds is 0. The van der Waals surface area contributed by atoms with Crippen LogP contribution in [0.1, 0.15) is 56.3 Å². The van der Waals surface area contributed by atoms with E-state index in [2.05, 4.69) is 60.7 Å². The maximum atomic E-state index is 2.76. The lowest BCUT2D eigenvalue weighted by atomic mass is 9.33. The van der Waals surface area contributed by atoms with Gasteiger partial charge in [-0.25, -0.2) is 0 Å². The summed E-state index contributed by atoms with van der Waals surface area (Å²) in [5.41, 5.74) is 12.9. The van der Waals surface area contributed by atoms with Gasteiger partial charge in [0.25, 0.3) is 0 Å². The van der Waals surface area contributed by atoms with E-state index in [0.717, 1.165) is 0 Å². The molecular formula is C78H12. The van der Waals surface area contributed by atoms with Crippen LogP contribution in [0.5, 0.6) is 0 Å². The molecule has 0 radical (unpaired) electrons. The normalized spacial score (nSPS) is 23.5. The molecule has 0 unspecified atom stereocenters. The summed E-state index contributed by atoms with van der Waals surface area (Å²) in [5.74, 6) is 0.295. The highest BCUT2D eigenvalue weighted by atomic mass is 14.8. The largest absolute Gasteiger partial charge is 0.0620 e. The molecule has 0 fully saturated rings. The van der Waals surface area contributed by atoms with E-state index in [0.29, 0.717) is 0 Å². The fraction of sp³-hybridized carbons (Fsp3) is 0.0513. The molecule has 38 rings (SSSR count). The predicted molar refractivity (Wildman–Crippen MR) is 328 cm³/mol. The first kappa shape index (κ1) is 29.0. The van der Waals surface area contributed by atoms with Gasteiger partial charge in [-0.05, 0) is 346 Å². The van der Waals surface area contributed by atoms with Gasteiger partial charge in [-0.15, -0.1) is 0 Å². The molecule has 7 aliphatic carbocycles. The third-order valence-electron chi connectivity index (χ3n) is 28.5. The SMILES string of the molecule is c1ccc2c(c1)[C@@H]1c3cc4ccccc4cc3[C@H]2C23c4c5c6c7c8c9c(c%10c%11c2c2c4c4c%12c5c5c6c6c8c8c%13c9c9c%10c%10c%11c%11c2c2c4c4c%12c%12c5c5c6c8c6c8c%13c9c9c%10c%10c%11c2c2c4c4c%12c5c6c5c8c9c%10c2c45)C713. The maximum absolute atomic E-state index is 2.76. The Morgan fingerprint density at radius 1 is 0.167 bits per heavy atom. The molecule has 0 heterocycles. The average molecular weight is 949 g/mol. The van der Waals surface area contributed by atoms with Crippen molar-refractivity contribution in [2.75, 3.05) is 0 Å². The molecule has 7 aliphatic rings. The molecule has 0 saturated heterocycles. The second-order valence-corrected chi connectivity index (χ2v) is 28.7. The quantitative estimate of drug-likeness (QED) is 0.133. The van der Waals surface area contributed by atoms with Gasteiger partial charge in [0.15, 0.2) is 0 Å². The van der Waals surface area contributed by atoms with E-state index < -0.39 is 0 Å². The molecule has 2 bridgehead atoms. The molecular weight excluding hydrogens is 937 g/mol. The first-order valence-electron chi connectivity index (χ1n) is 29.3. The summed E-state index contributed by atoms with van der Waals surface area (Å²) in [6, 6.07) is 25.2. The van der Waals surface area contributed by atoms with E-state index in [1.165, 1.54) is 10.8 Å². The Hall–Kier alpha value is -9.62. The zero-order valence-electron chi connectivity index (χ0n) is 39.9. The standard InChI is InChI=1S/C78H12/c1-2-6-12-10-16-15(9-11(12)5-1)71-13-7-3-4-8-14(13)72(16)78-75-65-57-47-37-29-21-18-17-19-23-25(21)33-39-31(23)41-35-27(19)28-20(17)24-26-22(18)30(29)38-44-34(26)40-32(24)42-36(28)46-45(35)55-49(41)59-53(39)61(51(57)43(33)37)69(75)67(59)73-63(55)64-56(46)50(42)60-54(40)62-52(44)58(48(38)47)66(65)76(78)70(62)68(60)74(64)77(71,73)78/h1-10,71-72H/t71-,72+,77?,78?. The summed E-state index contributed by atoms with van der Waals surface area (Å²) in [4.78, 5) is 0. The number of fused-ring (bicyclic) bond motifs is 1. The lowest BCUT2D eigenvalue weighted by molar-refractivity contribution is 0.219. The first-order chi connectivity index (χ1) is 38.9. The second-order valence-electron chi connectivity index (χ2n) is 28.7. The van der Waals surface area contributed by atoms with Crippen LogP contribution in [0.3, 0.4) is 0 Å². The van der Waals surface area contributed by atoms with E-state index in [4.69, 9.17) is 0 Å². The van der Waals surface area contributed by atoms with E-state index in [-0.39, 0.29) is 22.7 Å². The smallest absolute Gasteiger partial charge is 0.0484 e. The number of hydrogen-bond donors (Lipinski definition) is 0. The van der Waals surface area contributed by atoms with Gasteiger partial charge in [0, 0.05) is 22.7 Å². The summed E-state index contributed by atoms with van der Waals surface area (Å²) < 4.78 is 0. The summed E-state index contributed by atoms with van der Waals surface area (Å²) in [7, 11) is 0. The summed E-state index contributed by atoms with van der Waals surface area (Å²) in [6.07, 6.45) is 0. The van der Waals surface area contributed by atoms with E-state index in [1.54, 1.807) is 335 Å². The Balaban J connectivity index is 1.09. The number of benzene rings is 21. The molecule has 2 atom stereocenters. The van der Waals surface area contributed by atoms with Gasteiger partial charge in [-0.2, -0.15) is 0 Å². The molecule has 0 N–H and O–H groups in total. The van der Waals surface area contributed by atoms with Gasteiger partial charge in [0.1, 0.15) is 0 Å². The van der Waals surface area contributed by atoms with E-state index >= 15 is 0 Å². The maximum Gasteiger partial charge on any atom is 0.0484 e. The van der Waals surface area contributed by atoms with Gasteiger partial charge >= 0.3 is 0 Å². The van der Waals surface area contributed by atoms with Crippen LogP contribution in [0.15, 0.2) is 60.7 Å². The fourth-order valence-electron chi connectivity index (χ4n) is 28.5. The van der Waals surface area contributed by atoms with Crippen molar-refractivity contribution < 1.29 is 0 Å². The third kappa shape index (κ3) is 1.57. The lowest BCUT2D eigenvalue weighted by Gasteiger charge is -2.67. The van der Waals surface area contributed by atoms with Crippen molar-refractivity contribution in [3.63, 3.8) is 0 Å². The molecule has 0 aliphatic heterocycles. The van der Waals surface area contributed by atoms with Crippen molar-refractivity contribution in [1.82, 2.24) is 0 Å². The fourth-order valence-corrected chi connectivity index (χ4v) is 28.5. The van der Waals surface area contributed by atoms with Gasteiger partial charge < -0.3 is 0 Å². The molecule has 31 aromatic carbocycles. The zero-order valence-corrected chi connectivity index (χ0v) is 39.9. The van der Waals surface area contributed by atoms with Gasteiger partial charge in [0.2, 0.25) is 0 Å². The van der Waals surface area contributed by atoms with Crippen LogP contribution in [0.4, 0.5) is 0 Å². The Bertz CT molecular complexity index is 7590. The molecule has 31 aromatic rings. The molecule has 2 spiro atoms. The van der Waals surface area contributed by atoms with Crippen molar-refractivity contribution in [2.45, 2.75) is 22.7 Å². The van der Waals surface area contributed by atoms with Crippen LogP contribution in [0.2, 0.25) is 0 Å². The zero-order chi connectivity index (χ0) is 46.2. The highest BCUT2D eigenvalue weighted by molar-refractivity contribution is 6.82. The minimum absolute atomic E-state index is 0.147. The van der Waals surface area contributed by atoms with Crippen LogP contribution < -0.4 is 0 Å². The summed E-state index contributed by atoms with van der Waals surface area (Å²) in [5, 5.41) is 93.4. The third-order valence-corrected chi connectivity index (χ3v) is 28.5. The minimum atomic E-state index is -0.354. The van der Waals surface area contributed by atoms with Crippen molar-refractivity contribution in [1.29, 1.82) is 0 Å². The highest BCUT2D eigenvalue weighted by Gasteiger charge is 2.78. The van der Waals surface area contributed by atoms with Crippen molar-refractivity contribution in [3.8, 4) is 0 Å². The molecule has 0 amide bonds.